The van der Waals surface area contributed by atoms with Crippen LogP contribution in [0.2, 0.25) is 0 Å². The molecule has 9 heavy (non-hydrogen) atoms. The van der Waals surface area contributed by atoms with Gasteiger partial charge in [-0.1, -0.05) is 5.92 Å². The maximum Gasteiger partial charge on any atom is 0.202 e. The van der Waals surface area contributed by atoms with E-state index in [0.29, 0.717) is 5.88 Å². The van der Waals surface area contributed by atoms with Gasteiger partial charge < -0.3 is 0 Å². The molecule has 0 aromatic rings. The van der Waals surface area contributed by atoms with E-state index in [9.17, 15) is 4.79 Å². The first kappa shape index (κ1) is 8.52. The SMILES string of the molecule is CC(=O)C#CCCCCl. The molecule has 0 rings (SSSR count). The van der Waals surface area contributed by atoms with Crippen molar-refractivity contribution in [3.8, 4) is 11.8 Å². The lowest BCUT2D eigenvalue weighted by Crippen LogP contribution is -1.80. The van der Waals surface area contributed by atoms with E-state index in [2.05, 4.69) is 11.8 Å². The van der Waals surface area contributed by atoms with Crippen LogP contribution in [0, 0.1) is 11.8 Å². The molecule has 0 amide bonds. The normalized spacial score (nSPS) is 7.78. The summed E-state index contributed by atoms with van der Waals surface area (Å²) in [7, 11) is 0. The van der Waals surface area contributed by atoms with Crippen molar-refractivity contribution in [2.24, 2.45) is 0 Å². The minimum atomic E-state index is -0.0791. The monoisotopic (exact) mass is 144 g/mol. The summed E-state index contributed by atoms with van der Waals surface area (Å²) >= 11 is 5.36. The van der Waals surface area contributed by atoms with Crippen LogP contribution in [0.4, 0.5) is 0 Å². The Morgan fingerprint density at radius 1 is 1.67 bits per heavy atom. The molecule has 2 heteroatoms. The lowest BCUT2D eigenvalue weighted by atomic mass is 10.3. The molecule has 0 saturated carbocycles. The molecule has 0 aromatic carbocycles. The molecule has 0 aliphatic heterocycles. The van der Waals surface area contributed by atoms with Gasteiger partial charge in [0.15, 0.2) is 0 Å². The van der Waals surface area contributed by atoms with Gasteiger partial charge in [0.25, 0.3) is 0 Å². The maximum absolute atomic E-state index is 10.2. The van der Waals surface area contributed by atoms with E-state index in [4.69, 9.17) is 11.6 Å². The molecule has 0 spiro atoms. The summed E-state index contributed by atoms with van der Waals surface area (Å²) in [6.07, 6.45) is 1.59. The lowest BCUT2D eigenvalue weighted by Gasteiger charge is -1.80. The average Bonchev–Trinajstić information content (AvgIpc) is 1.80. The van der Waals surface area contributed by atoms with Crippen LogP contribution in [0.15, 0.2) is 0 Å². The van der Waals surface area contributed by atoms with Crippen molar-refractivity contribution in [2.45, 2.75) is 19.8 Å². The van der Waals surface area contributed by atoms with Crippen molar-refractivity contribution in [3.05, 3.63) is 0 Å². The first-order valence-electron chi connectivity index (χ1n) is 2.82. The highest BCUT2D eigenvalue weighted by atomic mass is 35.5. The zero-order valence-corrected chi connectivity index (χ0v) is 6.16. The summed E-state index contributed by atoms with van der Waals surface area (Å²) < 4.78 is 0. The zero-order chi connectivity index (χ0) is 7.11. The Morgan fingerprint density at radius 3 is 2.78 bits per heavy atom. The van der Waals surface area contributed by atoms with Crippen LogP contribution in [-0.4, -0.2) is 11.7 Å². The van der Waals surface area contributed by atoms with Crippen molar-refractivity contribution >= 4 is 17.4 Å². The van der Waals surface area contributed by atoms with Gasteiger partial charge in [-0.3, -0.25) is 4.79 Å². The number of carbonyl (C=O) groups excluding carboxylic acids is 1. The molecule has 0 aliphatic carbocycles. The Hall–Kier alpha value is -0.480. The van der Waals surface area contributed by atoms with E-state index in [1.165, 1.54) is 6.92 Å². The van der Waals surface area contributed by atoms with Crippen molar-refractivity contribution in [2.75, 3.05) is 5.88 Å². The highest BCUT2D eigenvalue weighted by molar-refractivity contribution is 6.17. The second kappa shape index (κ2) is 5.65. The first-order valence-corrected chi connectivity index (χ1v) is 3.36. The zero-order valence-electron chi connectivity index (χ0n) is 5.41. The molecular formula is C7H9ClO. The molecule has 0 unspecified atom stereocenters. The van der Waals surface area contributed by atoms with Crippen LogP contribution in [0.3, 0.4) is 0 Å². The second-order valence-corrected chi connectivity index (χ2v) is 2.03. The maximum atomic E-state index is 10.2. The van der Waals surface area contributed by atoms with Gasteiger partial charge in [-0.25, -0.2) is 0 Å². The lowest BCUT2D eigenvalue weighted by molar-refractivity contribution is -0.111. The molecule has 0 aromatic heterocycles. The minimum Gasteiger partial charge on any atom is -0.285 e. The third-order valence-electron chi connectivity index (χ3n) is 0.700. The van der Waals surface area contributed by atoms with E-state index in [1.807, 2.05) is 0 Å². The summed E-state index contributed by atoms with van der Waals surface area (Å²) in [6, 6.07) is 0. The summed E-state index contributed by atoms with van der Waals surface area (Å²) in [5.74, 6) is 5.67. The van der Waals surface area contributed by atoms with Gasteiger partial charge in [0.1, 0.15) is 0 Å². The molecule has 0 radical (unpaired) electrons. The fourth-order valence-corrected chi connectivity index (χ4v) is 0.476. The predicted octanol–water partition coefficient (Wildman–Crippen LogP) is 1.60. The Balaban J connectivity index is 3.27. The molecule has 50 valence electrons. The number of hydrogen-bond donors (Lipinski definition) is 0. The summed E-state index contributed by atoms with van der Waals surface area (Å²) in [4.78, 5) is 10.2. The van der Waals surface area contributed by atoms with Crippen molar-refractivity contribution in [1.29, 1.82) is 0 Å². The predicted molar refractivity (Wildman–Crippen MR) is 38.4 cm³/mol. The van der Waals surface area contributed by atoms with Gasteiger partial charge in [-0.15, -0.1) is 11.6 Å². The molecule has 0 fully saturated rings. The van der Waals surface area contributed by atoms with Gasteiger partial charge in [0, 0.05) is 19.2 Å². The average molecular weight is 145 g/mol. The standard InChI is InChI=1S/C7H9ClO/c1-7(9)5-3-2-4-6-8/h2,4,6H2,1H3. The van der Waals surface area contributed by atoms with Gasteiger partial charge in [0.2, 0.25) is 5.78 Å². The van der Waals surface area contributed by atoms with Crippen LogP contribution < -0.4 is 0 Å². The molecule has 1 nitrogen and oxygen atoms in total. The molecule has 0 N–H and O–H groups in total. The van der Waals surface area contributed by atoms with E-state index in [0.717, 1.165) is 12.8 Å². The van der Waals surface area contributed by atoms with Gasteiger partial charge >= 0.3 is 0 Å². The van der Waals surface area contributed by atoms with E-state index in [1.54, 1.807) is 0 Å². The number of ketones is 1. The second-order valence-electron chi connectivity index (χ2n) is 1.65. The number of carbonyl (C=O) groups is 1. The summed E-state index contributed by atoms with van der Waals surface area (Å²) in [5.41, 5.74) is 0. The summed E-state index contributed by atoms with van der Waals surface area (Å²) in [6.45, 7) is 1.45. The Labute approximate surface area is 60.4 Å². The molecule has 0 aliphatic rings. The third-order valence-corrected chi connectivity index (χ3v) is 0.967. The molecule has 0 bridgehead atoms. The quantitative estimate of drug-likeness (QED) is 0.249. The van der Waals surface area contributed by atoms with Crippen LogP contribution in [0.25, 0.3) is 0 Å². The molecule has 0 heterocycles. The number of alkyl halides is 1. The number of rotatable bonds is 2. The Morgan fingerprint density at radius 2 is 2.33 bits per heavy atom. The number of unbranched alkanes of at least 4 members (excludes halogenated alkanes) is 1. The van der Waals surface area contributed by atoms with Gasteiger partial charge in [-0.05, 0) is 12.3 Å². The van der Waals surface area contributed by atoms with Crippen LogP contribution in [0.5, 0.6) is 0 Å². The molecule has 0 saturated heterocycles. The van der Waals surface area contributed by atoms with Crippen molar-refractivity contribution in [3.63, 3.8) is 0 Å². The fraction of sp³-hybridized carbons (Fsp3) is 0.571. The Bertz CT molecular complexity index is 141. The first-order chi connectivity index (χ1) is 4.27. The van der Waals surface area contributed by atoms with E-state index >= 15 is 0 Å². The van der Waals surface area contributed by atoms with E-state index < -0.39 is 0 Å². The van der Waals surface area contributed by atoms with Crippen molar-refractivity contribution < 1.29 is 4.79 Å². The Kier molecular flexibility index (Phi) is 5.35. The van der Waals surface area contributed by atoms with E-state index in [-0.39, 0.29) is 5.78 Å². The van der Waals surface area contributed by atoms with Crippen LogP contribution >= 0.6 is 11.6 Å². The summed E-state index contributed by atoms with van der Waals surface area (Å²) in [5, 5.41) is 0. The number of Topliss-reactive ketones (excluding diaryl/α,β-unsaturated/α-hetero) is 1. The van der Waals surface area contributed by atoms with Gasteiger partial charge in [-0.2, -0.15) is 0 Å². The minimum absolute atomic E-state index is 0.0791. The topological polar surface area (TPSA) is 17.1 Å². The highest BCUT2D eigenvalue weighted by Crippen LogP contribution is 1.88. The number of halogens is 1. The molecule has 0 atom stereocenters. The molecular weight excluding hydrogens is 136 g/mol. The number of hydrogen-bond acceptors (Lipinski definition) is 1. The van der Waals surface area contributed by atoms with Crippen LogP contribution in [-0.2, 0) is 4.79 Å². The third kappa shape index (κ3) is 7.52. The smallest absolute Gasteiger partial charge is 0.202 e. The fourth-order valence-electron chi connectivity index (χ4n) is 0.342. The largest absolute Gasteiger partial charge is 0.285 e. The van der Waals surface area contributed by atoms with Gasteiger partial charge in [0.05, 0.1) is 0 Å². The van der Waals surface area contributed by atoms with Crippen LogP contribution in [0.1, 0.15) is 19.8 Å². The highest BCUT2D eigenvalue weighted by Gasteiger charge is 1.79. The van der Waals surface area contributed by atoms with Crippen molar-refractivity contribution in [1.82, 2.24) is 0 Å².